The predicted molar refractivity (Wildman–Crippen MR) is 156 cm³/mol. The monoisotopic (exact) mass is 555 g/mol. The van der Waals surface area contributed by atoms with Crippen molar-refractivity contribution in [2.45, 2.75) is 77.4 Å². The number of nitrogens with one attached hydrogen (secondary N) is 2. The van der Waals surface area contributed by atoms with Gasteiger partial charge in [0.2, 0.25) is 0 Å². The molecule has 8 nitrogen and oxygen atoms in total. The highest BCUT2D eigenvalue weighted by Gasteiger charge is 2.53. The summed E-state index contributed by atoms with van der Waals surface area (Å²) in [4.78, 5) is 24.2. The number of hydrogen-bond donors (Lipinski definition) is 2. The number of hydrogen-bond acceptors (Lipinski definition) is 6. The zero-order chi connectivity index (χ0) is 29.7. The van der Waals surface area contributed by atoms with Crippen LogP contribution in [0.2, 0.25) is 0 Å². The zero-order valence-electron chi connectivity index (χ0n) is 24.2. The minimum absolute atomic E-state index is 0.191. The number of carbonyl (C=O) groups excluding carboxylic acids is 2. The average molecular weight is 556 g/mol. The van der Waals surface area contributed by atoms with Gasteiger partial charge in [-0.05, 0) is 94.3 Å². The van der Waals surface area contributed by atoms with Crippen LogP contribution in [0.4, 0.5) is 4.79 Å². The minimum atomic E-state index is -0.532. The fraction of sp³-hybridized carbons (Fsp3) is 0.364. The molecule has 0 radical (unpaired) electrons. The third-order valence-corrected chi connectivity index (χ3v) is 6.64. The fourth-order valence-electron chi connectivity index (χ4n) is 5.06. The molecule has 0 saturated heterocycles. The Bertz CT molecular complexity index is 1400. The number of ether oxygens (including phenoxy) is 3. The molecule has 0 heterocycles. The first-order valence-corrected chi connectivity index (χ1v) is 13.6. The Kier molecular flexibility index (Phi) is 8.57. The predicted octanol–water partition coefficient (Wildman–Crippen LogP) is 6.28. The molecule has 0 aliphatic heterocycles. The highest BCUT2D eigenvalue weighted by atomic mass is 16.6. The van der Waals surface area contributed by atoms with Crippen LogP contribution >= 0.6 is 0 Å². The van der Waals surface area contributed by atoms with Gasteiger partial charge >= 0.3 is 6.09 Å². The van der Waals surface area contributed by atoms with E-state index in [9.17, 15) is 9.59 Å². The minimum Gasteiger partial charge on any atom is -0.487 e. The first-order chi connectivity index (χ1) is 19.3. The molecule has 1 fully saturated rings. The van der Waals surface area contributed by atoms with Gasteiger partial charge < -0.3 is 24.8 Å². The molecular weight excluding hydrogens is 518 g/mol. The second-order valence-electron chi connectivity index (χ2n) is 12.0. The van der Waals surface area contributed by atoms with E-state index < -0.39 is 11.7 Å². The molecule has 0 spiro atoms. The lowest BCUT2D eigenvalue weighted by molar-refractivity contribution is -0.131. The van der Waals surface area contributed by atoms with Crippen LogP contribution in [0.3, 0.4) is 0 Å². The molecule has 41 heavy (non-hydrogen) atoms. The van der Waals surface area contributed by atoms with Crippen molar-refractivity contribution in [1.82, 2.24) is 10.6 Å². The maximum atomic E-state index is 12.4. The molecule has 1 aliphatic carbocycles. The van der Waals surface area contributed by atoms with Crippen LogP contribution in [0, 0.1) is 11.3 Å². The van der Waals surface area contributed by atoms with Crippen LogP contribution in [0.25, 0.3) is 0 Å². The van der Waals surface area contributed by atoms with Crippen LogP contribution in [-0.4, -0.2) is 28.8 Å². The van der Waals surface area contributed by atoms with Gasteiger partial charge in [-0.15, -0.1) is 0 Å². The maximum absolute atomic E-state index is 12.4. The largest absolute Gasteiger partial charge is 0.487 e. The van der Waals surface area contributed by atoms with Crippen molar-refractivity contribution in [2.75, 3.05) is 0 Å². The van der Waals surface area contributed by atoms with E-state index in [1.165, 1.54) is 0 Å². The molecule has 8 heteroatoms. The van der Waals surface area contributed by atoms with Gasteiger partial charge in [0.1, 0.15) is 28.3 Å². The van der Waals surface area contributed by atoms with E-state index in [2.05, 4.69) is 24.5 Å². The Balaban J connectivity index is 1.21. The van der Waals surface area contributed by atoms with Crippen LogP contribution in [-0.2, 0) is 17.8 Å². The number of carbonyl (C=O) groups is 2. The van der Waals surface area contributed by atoms with E-state index >= 15 is 0 Å². The van der Waals surface area contributed by atoms with Crippen LogP contribution < -0.4 is 20.1 Å². The summed E-state index contributed by atoms with van der Waals surface area (Å²) in [5.41, 5.74) is 1.71. The molecule has 214 valence electrons. The summed E-state index contributed by atoms with van der Waals surface area (Å²) in [6.07, 6.45) is 1.01. The summed E-state index contributed by atoms with van der Waals surface area (Å²) >= 11 is 0. The molecule has 3 aromatic carbocycles. The molecule has 1 aliphatic rings. The van der Waals surface area contributed by atoms with Crippen molar-refractivity contribution in [3.8, 4) is 17.6 Å². The second-order valence-corrected chi connectivity index (χ2v) is 12.0. The van der Waals surface area contributed by atoms with Crippen molar-refractivity contribution in [3.05, 3.63) is 95.1 Å². The average Bonchev–Trinajstić information content (AvgIpc) is 2.90. The van der Waals surface area contributed by atoms with Crippen LogP contribution in [0.15, 0.2) is 72.8 Å². The smallest absolute Gasteiger partial charge is 0.407 e. The molecular formula is C33H37N3O5. The standard InChI is InChI=1S/C33H37N3O5/c1-31(2,3)41-30(38)36-20-25-10-16-28(17-11-25)40-33(5)21-32(4,22-33)39-27-14-8-24(9-15-27)19-35-29(37)26-12-6-23(18-34)7-13-26/h6-17H,19-22H2,1-5H3,(H,35,37)(H,36,38). The van der Waals surface area contributed by atoms with Crippen molar-refractivity contribution in [2.24, 2.45) is 0 Å². The summed E-state index contributed by atoms with van der Waals surface area (Å²) in [5, 5.41) is 14.6. The van der Waals surface area contributed by atoms with E-state index in [-0.39, 0.29) is 17.1 Å². The van der Waals surface area contributed by atoms with E-state index in [1.54, 1.807) is 24.3 Å². The molecule has 1 saturated carbocycles. The molecule has 0 aromatic heterocycles. The summed E-state index contributed by atoms with van der Waals surface area (Å²) in [7, 11) is 0. The van der Waals surface area contributed by atoms with Gasteiger partial charge in [0.25, 0.3) is 5.91 Å². The molecule has 2 N–H and O–H groups in total. The van der Waals surface area contributed by atoms with Crippen molar-refractivity contribution in [1.29, 1.82) is 5.26 Å². The lowest BCUT2D eigenvalue weighted by Crippen LogP contribution is -2.59. The number of nitrogens with zero attached hydrogens (tertiary/aromatic N) is 1. The summed E-state index contributed by atoms with van der Waals surface area (Å²) < 4.78 is 17.9. The van der Waals surface area contributed by atoms with E-state index in [0.717, 1.165) is 35.5 Å². The molecule has 2 amide bonds. The normalized spacial score (nSPS) is 19.7. The van der Waals surface area contributed by atoms with E-state index in [4.69, 9.17) is 19.5 Å². The van der Waals surface area contributed by atoms with Gasteiger partial charge in [0.05, 0.1) is 11.6 Å². The Morgan fingerprint density at radius 3 is 1.68 bits per heavy atom. The Morgan fingerprint density at radius 2 is 1.24 bits per heavy atom. The third-order valence-electron chi connectivity index (χ3n) is 6.64. The van der Waals surface area contributed by atoms with Crippen molar-refractivity contribution >= 4 is 12.0 Å². The van der Waals surface area contributed by atoms with Crippen LogP contribution in [0.5, 0.6) is 11.5 Å². The zero-order valence-corrected chi connectivity index (χ0v) is 24.2. The fourth-order valence-corrected chi connectivity index (χ4v) is 5.06. The lowest BCUT2D eigenvalue weighted by atomic mass is 9.69. The van der Waals surface area contributed by atoms with Gasteiger partial charge in [-0.2, -0.15) is 5.26 Å². The van der Waals surface area contributed by atoms with Gasteiger partial charge in [-0.1, -0.05) is 24.3 Å². The number of alkyl carbamates (subject to hydrolysis) is 1. The first-order valence-electron chi connectivity index (χ1n) is 13.6. The van der Waals surface area contributed by atoms with E-state index in [0.29, 0.717) is 24.2 Å². The summed E-state index contributed by atoms with van der Waals surface area (Å²) in [5.74, 6) is 1.34. The number of benzene rings is 3. The van der Waals surface area contributed by atoms with Crippen molar-refractivity contribution in [3.63, 3.8) is 0 Å². The molecule has 0 unspecified atom stereocenters. The topological polar surface area (TPSA) is 110 Å². The Hall–Kier alpha value is -4.51. The highest BCUT2D eigenvalue weighted by molar-refractivity contribution is 5.94. The van der Waals surface area contributed by atoms with Gasteiger partial charge in [0, 0.05) is 31.5 Å². The molecule has 0 bridgehead atoms. The first kappa shape index (κ1) is 29.5. The molecule has 0 atom stereocenters. The van der Waals surface area contributed by atoms with Gasteiger partial charge in [0.15, 0.2) is 0 Å². The third kappa shape index (κ3) is 8.49. The second kappa shape index (κ2) is 11.9. The quantitative estimate of drug-likeness (QED) is 0.322. The van der Waals surface area contributed by atoms with Crippen molar-refractivity contribution < 1.29 is 23.8 Å². The highest BCUT2D eigenvalue weighted by Crippen LogP contribution is 2.46. The summed E-state index contributed by atoms with van der Waals surface area (Å²) in [6.45, 7) is 10.4. The lowest BCUT2D eigenvalue weighted by Gasteiger charge is -2.51. The Labute approximate surface area is 241 Å². The van der Waals surface area contributed by atoms with E-state index in [1.807, 2.05) is 75.4 Å². The number of rotatable bonds is 9. The summed E-state index contributed by atoms with van der Waals surface area (Å²) in [6, 6.07) is 24.0. The van der Waals surface area contributed by atoms with Gasteiger partial charge in [-0.3, -0.25) is 4.79 Å². The van der Waals surface area contributed by atoms with Gasteiger partial charge in [-0.25, -0.2) is 4.79 Å². The maximum Gasteiger partial charge on any atom is 0.407 e. The Morgan fingerprint density at radius 1 is 0.780 bits per heavy atom. The van der Waals surface area contributed by atoms with Crippen LogP contribution in [0.1, 0.15) is 74.5 Å². The molecule has 4 rings (SSSR count). The number of nitriles is 1. The molecule has 3 aromatic rings. The SMILES string of the molecule is CC(C)(C)OC(=O)NCc1ccc(OC2(C)CC(C)(Oc3ccc(CNC(=O)c4ccc(C#N)cc4)cc3)C2)cc1. The number of amides is 2.